The average Bonchev–Trinajstić information content (AvgIpc) is 2.76. The lowest BCUT2D eigenvalue weighted by atomic mass is 10.1. The van der Waals surface area contributed by atoms with Crippen LogP contribution in [0.1, 0.15) is 22.3 Å². The van der Waals surface area contributed by atoms with Gasteiger partial charge in [-0.15, -0.1) is 0 Å². The first-order chi connectivity index (χ1) is 10.1. The van der Waals surface area contributed by atoms with Crippen molar-refractivity contribution in [3.63, 3.8) is 0 Å². The zero-order valence-electron chi connectivity index (χ0n) is 11.7. The van der Waals surface area contributed by atoms with Gasteiger partial charge in [0, 0.05) is 18.6 Å². The molecule has 2 rings (SSSR count). The van der Waals surface area contributed by atoms with Crippen molar-refractivity contribution >= 4 is 5.91 Å². The van der Waals surface area contributed by atoms with Crippen molar-refractivity contribution < 1.29 is 19.7 Å². The number of aliphatic hydroxyl groups excluding tert-OH is 2. The van der Waals surface area contributed by atoms with Gasteiger partial charge in [-0.3, -0.25) is 4.79 Å². The van der Waals surface area contributed by atoms with Gasteiger partial charge in [-0.1, -0.05) is 0 Å². The summed E-state index contributed by atoms with van der Waals surface area (Å²) in [6, 6.07) is 7.69. The minimum atomic E-state index is -1.01. The van der Waals surface area contributed by atoms with Gasteiger partial charge in [-0.2, -0.15) is 5.26 Å². The fourth-order valence-corrected chi connectivity index (χ4v) is 2.59. The Morgan fingerprint density at radius 1 is 1.38 bits per heavy atom. The highest BCUT2D eigenvalue weighted by molar-refractivity contribution is 5.94. The molecule has 0 spiro atoms. The number of nitriles is 1. The quantitative estimate of drug-likeness (QED) is 0.727. The fraction of sp³-hybridized carbons (Fsp3) is 0.467. The molecule has 0 saturated heterocycles. The second-order valence-corrected chi connectivity index (χ2v) is 5.20. The highest BCUT2D eigenvalue weighted by Crippen LogP contribution is 2.27. The van der Waals surface area contributed by atoms with Gasteiger partial charge in [0.15, 0.2) is 0 Å². The number of ether oxygens (including phenoxy) is 1. The number of aliphatic hydroxyl groups is 2. The highest BCUT2D eigenvalue weighted by Gasteiger charge is 2.42. The molecular formula is C15H18N2O4. The van der Waals surface area contributed by atoms with Crippen LogP contribution in [0.15, 0.2) is 24.3 Å². The molecule has 0 radical (unpaired) electrons. The average molecular weight is 290 g/mol. The van der Waals surface area contributed by atoms with Crippen molar-refractivity contribution in [2.75, 3.05) is 13.7 Å². The lowest BCUT2D eigenvalue weighted by Gasteiger charge is -2.18. The van der Waals surface area contributed by atoms with Crippen LogP contribution < -0.4 is 5.32 Å². The number of nitrogens with one attached hydrogen (secondary N) is 1. The van der Waals surface area contributed by atoms with E-state index in [9.17, 15) is 15.0 Å². The van der Waals surface area contributed by atoms with Crippen molar-refractivity contribution in [1.82, 2.24) is 5.32 Å². The highest BCUT2D eigenvalue weighted by atomic mass is 16.5. The fourth-order valence-electron chi connectivity index (χ4n) is 2.59. The van der Waals surface area contributed by atoms with Crippen LogP contribution >= 0.6 is 0 Å². The molecule has 0 unspecified atom stereocenters. The van der Waals surface area contributed by atoms with E-state index in [0.29, 0.717) is 24.2 Å². The summed E-state index contributed by atoms with van der Waals surface area (Å²) in [4.78, 5) is 12.1. The van der Waals surface area contributed by atoms with Gasteiger partial charge in [0.05, 0.1) is 30.4 Å². The maximum atomic E-state index is 12.1. The first-order valence-corrected chi connectivity index (χ1v) is 6.73. The van der Waals surface area contributed by atoms with Crippen LogP contribution in [0.25, 0.3) is 0 Å². The Kier molecular flexibility index (Phi) is 4.91. The molecule has 1 amide bonds. The van der Waals surface area contributed by atoms with Crippen molar-refractivity contribution in [1.29, 1.82) is 5.26 Å². The van der Waals surface area contributed by atoms with Crippen molar-refractivity contribution in [3.8, 4) is 6.07 Å². The molecule has 112 valence electrons. The van der Waals surface area contributed by atoms with Gasteiger partial charge in [0.1, 0.15) is 6.10 Å². The monoisotopic (exact) mass is 290 g/mol. The molecule has 4 atom stereocenters. The van der Waals surface area contributed by atoms with E-state index >= 15 is 0 Å². The number of amides is 1. The SMILES string of the molecule is COC[C@H]1C[C@@H](NC(=O)c2ccc(C#N)cc2)[C@H](O)[C@@H]1O. The summed E-state index contributed by atoms with van der Waals surface area (Å²) in [5, 5.41) is 31.3. The van der Waals surface area contributed by atoms with Gasteiger partial charge < -0.3 is 20.3 Å². The summed E-state index contributed by atoms with van der Waals surface area (Å²) in [5.74, 6) is -0.537. The Morgan fingerprint density at radius 3 is 2.62 bits per heavy atom. The Bertz CT molecular complexity index is 538. The minimum Gasteiger partial charge on any atom is -0.390 e. The molecule has 1 aliphatic carbocycles. The lowest BCUT2D eigenvalue weighted by molar-refractivity contribution is -0.00552. The van der Waals surface area contributed by atoms with Crippen molar-refractivity contribution in [2.24, 2.45) is 5.92 Å². The molecule has 1 saturated carbocycles. The maximum Gasteiger partial charge on any atom is 0.251 e. The normalized spacial score (nSPS) is 28.1. The van der Waals surface area contributed by atoms with Crippen LogP contribution in [0.3, 0.4) is 0 Å². The summed E-state index contributed by atoms with van der Waals surface area (Å²) in [6.07, 6.45) is -1.46. The first kappa shape index (κ1) is 15.4. The predicted molar refractivity (Wildman–Crippen MR) is 74.4 cm³/mol. The summed E-state index contributed by atoms with van der Waals surface area (Å²) < 4.78 is 4.99. The zero-order chi connectivity index (χ0) is 15.4. The standard InChI is InChI=1S/C15H18N2O4/c1-21-8-11-6-12(14(19)13(11)18)17-15(20)10-4-2-9(7-16)3-5-10/h2-5,11-14,18-19H,6,8H2,1H3,(H,17,20)/t11-,12-,13-,14+/m1/s1. The maximum absolute atomic E-state index is 12.1. The van der Waals surface area contributed by atoms with Crippen LogP contribution in [0.2, 0.25) is 0 Å². The van der Waals surface area contributed by atoms with Gasteiger partial charge in [-0.25, -0.2) is 0 Å². The number of carbonyl (C=O) groups excluding carboxylic acids is 1. The third kappa shape index (κ3) is 3.39. The molecule has 0 heterocycles. The van der Waals surface area contributed by atoms with Crippen LogP contribution in [-0.4, -0.2) is 48.1 Å². The Hall–Kier alpha value is -1.94. The molecule has 21 heavy (non-hydrogen) atoms. The molecule has 0 bridgehead atoms. The van der Waals surface area contributed by atoms with Crippen LogP contribution in [0.5, 0.6) is 0 Å². The lowest BCUT2D eigenvalue weighted by Crippen LogP contribution is -2.43. The Balaban J connectivity index is 2.00. The molecule has 1 fully saturated rings. The number of methoxy groups -OCH3 is 1. The van der Waals surface area contributed by atoms with E-state index < -0.39 is 18.2 Å². The van der Waals surface area contributed by atoms with Gasteiger partial charge in [0.25, 0.3) is 5.91 Å². The van der Waals surface area contributed by atoms with Crippen LogP contribution in [0, 0.1) is 17.2 Å². The Labute approximate surface area is 123 Å². The van der Waals surface area contributed by atoms with Crippen molar-refractivity contribution in [2.45, 2.75) is 24.7 Å². The summed E-state index contributed by atoms with van der Waals surface area (Å²) >= 11 is 0. The topological polar surface area (TPSA) is 103 Å². The molecule has 1 aromatic rings. The number of hydrogen-bond acceptors (Lipinski definition) is 5. The third-order valence-corrected chi connectivity index (χ3v) is 3.78. The summed E-state index contributed by atoms with van der Waals surface area (Å²) in [7, 11) is 1.53. The number of rotatable bonds is 4. The summed E-state index contributed by atoms with van der Waals surface area (Å²) in [5.41, 5.74) is 0.883. The van der Waals surface area contributed by atoms with Crippen LogP contribution in [0.4, 0.5) is 0 Å². The largest absolute Gasteiger partial charge is 0.390 e. The molecule has 6 heteroatoms. The second-order valence-electron chi connectivity index (χ2n) is 5.20. The van der Waals surface area contributed by atoms with Gasteiger partial charge in [0.2, 0.25) is 0 Å². The summed E-state index contributed by atoms with van der Waals surface area (Å²) in [6.45, 7) is 0.335. The van der Waals surface area contributed by atoms with Gasteiger partial charge >= 0.3 is 0 Å². The minimum absolute atomic E-state index is 0.198. The van der Waals surface area contributed by atoms with Crippen LogP contribution in [-0.2, 0) is 4.74 Å². The predicted octanol–water partition coefficient (Wildman–Crippen LogP) is 0.0448. The van der Waals surface area contributed by atoms with Gasteiger partial charge in [-0.05, 0) is 30.7 Å². The number of hydrogen-bond donors (Lipinski definition) is 3. The third-order valence-electron chi connectivity index (χ3n) is 3.78. The smallest absolute Gasteiger partial charge is 0.251 e. The number of nitrogens with zero attached hydrogens (tertiary/aromatic N) is 1. The second kappa shape index (κ2) is 6.68. The number of carbonyl (C=O) groups is 1. The first-order valence-electron chi connectivity index (χ1n) is 6.73. The molecular weight excluding hydrogens is 272 g/mol. The van der Waals surface area contributed by atoms with E-state index in [1.165, 1.54) is 7.11 Å². The molecule has 1 aromatic carbocycles. The zero-order valence-corrected chi connectivity index (χ0v) is 11.7. The molecule has 3 N–H and O–H groups in total. The van der Waals surface area contributed by atoms with E-state index in [0.717, 1.165) is 0 Å². The number of benzene rings is 1. The molecule has 0 aromatic heterocycles. The van der Waals surface area contributed by atoms with E-state index in [4.69, 9.17) is 10.00 Å². The van der Waals surface area contributed by atoms with E-state index in [1.807, 2.05) is 6.07 Å². The van der Waals surface area contributed by atoms with E-state index in [2.05, 4.69) is 5.32 Å². The van der Waals surface area contributed by atoms with E-state index in [1.54, 1.807) is 24.3 Å². The molecule has 0 aliphatic heterocycles. The van der Waals surface area contributed by atoms with E-state index in [-0.39, 0.29) is 11.8 Å². The van der Waals surface area contributed by atoms with Crippen molar-refractivity contribution in [3.05, 3.63) is 35.4 Å². The Morgan fingerprint density at radius 2 is 2.05 bits per heavy atom. The molecule has 6 nitrogen and oxygen atoms in total. The molecule has 1 aliphatic rings.